The molecule has 1 aromatic rings. The van der Waals surface area contributed by atoms with Gasteiger partial charge in [0.05, 0.1) is 12.1 Å². The predicted octanol–water partition coefficient (Wildman–Crippen LogP) is 2.09. The number of hydrogen-bond donors (Lipinski definition) is 1. The van der Waals surface area contributed by atoms with Gasteiger partial charge in [0.2, 0.25) is 0 Å². The fourth-order valence-electron chi connectivity index (χ4n) is 0.617. The zero-order valence-corrected chi connectivity index (χ0v) is 5.70. The van der Waals surface area contributed by atoms with Gasteiger partial charge in [-0.05, 0) is 0 Å². The van der Waals surface area contributed by atoms with Crippen molar-refractivity contribution in [3.63, 3.8) is 0 Å². The third kappa shape index (κ3) is 1.26. The van der Waals surface area contributed by atoms with Gasteiger partial charge in [-0.1, -0.05) is 0 Å². The molecule has 56 valence electrons. The van der Waals surface area contributed by atoms with Crippen LogP contribution in [0.15, 0.2) is 6.20 Å². The number of nitrogens with one attached hydrogen (secondary N) is 1. The maximum Gasteiger partial charge on any atom is 0.280 e. The molecule has 0 saturated heterocycles. The number of rotatable bonds is 2. The number of H-pyrrole nitrogens is 1. The van der Waals surface area contributed by atoms with Crippen molar-refractivity contribution < 1.29 is 8.78 Å². The largest absolute Gasteiger partial charge is 0.280 e. The van der Waals surface area contributed by atoms with Gasteiger partial charge in [-0.3, -0.25) is 5.10 Å². The van der Waals surface area contributed by atoms with Crippen LogP contribution in [0.25, 0.3) is 0 Å². The highest BCUT2D eigenvalue weighted by atomic mass is 35.5. The summed E-state index contributed by atoms with van der Waals surface area (Å²) in [6, 6.07) is 0. The standard InChI is InChI=1S/C5H5ClF2N2/c6-1-3-2-9-10-4(3)5(7)8/h2,5H,1H2,(H,9,10). The minimum Gasteiger partial charge on any atom is -0.276 e. The van der Waals surface area contributed by atoms with Gasteiger partial charge < -0.3 is 0 Å². The molecule has 0 radical (unpaired) electrons. The summed E-state index contributed by atoms with van der Waals surface area (Å²) in [6.45, 7) is 0. The Bertz CT molecular complexity index is 211. The van der Waals surface area contributed by atoms with Gasteiger partial charge in [-0.15, -0.1) is 11.6 Å². The second-order valence-electron chi connectivity index (χ2n) is 1.74. The van der Waals surface area contributed by atoms with Gasteiger partial charge in [0, 0.05) is 5.56 Å². The van der Waals surface area contributed by atoms with Crippen LogP contribution in [0.5, 0.6) is 0 Å². The van der Waals surface area contributed by atoms with Gasteiger partial charge in [-0.2, -0.15) is 5.10 Å². The molecule has 0 aliphatic heterocycles. The van der Waals surface area contributed by atoms with Gasteiger partial charge >= 0.3 is 0 Å². The molecule has 0 aliphatic rings. The van der Waals surface area contributed by atoms with Crippen molar-refractivity contribution in [2.24, 2.45) is 0 Å². The molecule has 0 spiro atoms. The lowest BCUT2D eigenvalue weighted by atomic mass is 10.3. The molecule has 0 aliphatic carbocycles. The number of hydrogen-bond acceptors (Lipinski definition) is 1. The van der Waals surface area contributed by atoms with E-state index in [0.717, 1.165) is 0 Å². The van der Waals surface area contributed by atoms with Crippen LogP contribution in [-0.4, -0.2) is 10.2 Å². The Morgan fingerprint density at radius 2 is 2.40 bits per heavy atom. The molecule has 0 aromatic carbocycles. The number of alkyl halides is 3. The minimum atomic E-state index is -2.52. The number of nitrogens with zero attached hydrogens (tertiary/aromatic N) is 1. The van der Waals surface area contributed by atoms with Gasteiger partial charge in [-0.25, -0.2) is 8.78 Å². The van der Waals surface area contributed by atoms with Crippen LogP contribution < -0.4 is 0 Å². The van der Waals surface area contributed by atoms with E-state index in [9.17, 15) is 8.78 Å². The van der Waals surface area contributed by atoms with Crippen LogP contribution in [0.2, 0.25) is 0 Å². The lowest BCUT2D eigenvalue weighted by Gasteiger charge is -1.94. The Balaban J connectivity index is 2.90. The van der Waals surface area contributed by atoms with E-state index < -0.39 is 6.43 Å². The van der Waals surface area contributed by atoms with E-state index >= 15 is 0 Å². The quantitative estimate of drug-likeness (QED) is 0.670. The Hall–Kier alpha value is -0.640. The second-order valence-corrected chi connectivity index (χ2v) is 2.01. The van der Waals surface area contributed by atoms with Crippen molar-refractivity contribution in [1.82, 2.24) is 10.2 Å². The summed E-state index contributed by atoms with van der Waals surface area (Å²) in [7, 11) is 0. The zero-order valence-electron chi connectivity index (χ0n) is 4.94. The predicted molar refractivity (Wildman–Crippen MR) is 33.1 cm³/mol. The first-order valence-electron chi connectivity index (χ1n) is 2.62. The van der Waals surface area contributed by atoms with Crippen molar-refractivity contribution in [1.29, 1.82) is 0 Å². The van der Waals surface area contributed by atoms with Gasteiger partial charge in [0.25, 0.3) is 6.43 Å². The normalized spacial score (nSPS) is 10.8. The van der Waals surface area contributed by atoms with E-state index in [1.165, 1.54) is 6.20 Å². The van der Waals surface area contributed by atoms with E-state index in [1.54, 1.807) is 0 Å². The molecule has 10 heavy (non-hydrogen) atoms. The topological polar surface area (TPSA) is 28.7 Å². The van der Waals surface area contributed by atoms with Gasteiger partial charge in [0.15, 0.2) is 0 Å². The lowest BCUT2D eigenvalue weighted by Crippen LogP contribution is -1.88. The number of aromatic amines is 1. The number of halogens is 3. The molecule has 1 heterocycles. The Morgan fingerprint density at radius 3 is 2.80 bits per heavy atom. The van der Waals surface area contributed by atoms with Crippen LogP contribution in [-0.2, 0) is 5.88 Å². The maximum atomic E-state index is 11.9. The van der Waals surface area contributed by atoms with Crippen molar-refractivity contribution in [3.05, 3.63) is 17.5 Å². The monoisotopic (exact) mass is 166 g/mol. The van der Waals surface area contributed by atoms with Crippen molar-refractivity contribution in [2.75, 3.05) is 0 Å². The third-order valence-electron chi connectivity index (χ3n) is 1.11. The third-order valence-corrected chi connectivity index (χ3v) is 1.40. The molecule has 1 aromatic heterocycles. The summed E-state index contributed by atoms with van der Waals surface area (Å²) in [5.41, 5.74) is 0.173. The maximum absolute atomic E-state index is 11.9. The van der Waals surface area contributed by atoms with E-state index in [0.29, 0.717) is 5.56 Å². The molecule has 2 nitrogen and oxygen atoms in total. The lowest BCUT2D eigenvalue weighted by molar-refractivity contribution is 0.145. The molecule has 0 saturated carbocycles. The Morgan fingerprint density at radius 1 is 1.70 bits per heavy atom. The van der Waals surface area contributed by atoms with Crippen LogP contribution in [0, 0.1) is 0 Å². The highest BCUT2D eigenvalue weighted by Crippen LogP contribution is 2.20. The molecule has 0 unspecified atom stereocenters. The van der Waals surface area contributed by atoms with E-state index in [2.05, 4.69) is 10.2 Å². The second kappa shape index (κ2) is 2.96. The summed E-state index contributed by atoms with van der Waals surface area (Å²) in [6.07, 6.45) is -1.22. The zero-order chi connectivity index (χ0) is 7.56. The first-order valence-corrected chi connectivity index (χ1v) is 3.15. The van der Waals surface area contributed by atoms with Crippen molar-refractivity contribution in [3.8, 4) is 0 Å². The first kappa shape index (κ1) is 7.47. The molecule has 0 atom stereocenters. The molecule has 5 heteroatoms. The number of aromatic nitrogens is 2. The fraction of sp³-hybridized carbons (Fsp3) is 0.400. The van der Waals surface area contributed by atoms with Crippen molar-refractivity contribution in [2.45, 2.75) is 12.3 Å². The molecule has 0 amide bonds. The Kier molecular flexibility index (Phi) is 2.21. The van der Waals surface area contributed by atoms with Crippen LogP contribution >= 0.6 is 11.6 Å². The fourth-order valence-corrected chi connectivity index (χ4v) is 0.829. The average molecular weight is 167 g/mol. The minimum absolute atomic E-state index is 0.0656. The molecule has 1 rings (SSSR count). The highest BCUT2D eigenvalue weighted by Gasteiger charge is 2.13. The average Bonchev–Trinajstić information content (AvgIpc) is 2.33. The summed E-state index contributed by atoms with van der Waals surface area (Å²) in [5, 5.41) is 5.60. The van der Waals surface area contributed by atoms with Crippen LogP contribution in [0.4, 0.5) is 8.78 Å². The SMILES string of the molecule is FC(F)c1[nH]ncc1CCl. The van der Waals surface area contributed by atoms with Gasteiger partial charge in [0.1, 0.15) is 5.69 Å². The van der Waals surface area contributed by atoms with E-state index in [4.69, 9.17) is 11.6 Å². The molecule has 0 bridgehead atoms. The molecule has 0 fully saturated rings. The first-order chi connectivity index (χ1) is 4.75. The summed E-state index contributed by atoms with van der Waals surface area (Å²) in [5.74, 6) is 0.0656. The molecular weight excluding hydrogens is 162 g/mol. The Labute approximate surface area is 61.2 Å². The highest BCUT2D eigenvalue weighted by molar-refractivity contribution is 6.17. The summed E-state index contributed by atoms with van der Waals surface area (Å²) < 4.78 is 23.8. The molecule has 1 N–H and O–H groups in total. The summed E-state index contributed by atoms with van der Waals surface area (Å²) >= 11 is 5.32. The van der Waals surface area contributed by atoms with Crippen LogP contribution in [0.3, 0.4) is 0 Å². The summed E-state index contributed by atoms with van der Waals surface area (Å²) in [4.78, 5) is 0. The van der Waals surface area contributed by atoms with E-state index in [1.807, 2.05) is 0 Å². The molecular formula is C5H5ClF2N2. The van der Waals surface area contributed by atoms with Crippen molar-refractivity contribution >= 4 is 11.6 Å². The van der Waals surface area contributed by atoms with E-state index in [-0.39, 0.29) is 11.6 Å². The smallest absolute Gasteiger partial charge is 0.276 e. The van der Waals surface area contributed by atoms with Crippen LogP contribution in [0.1, 0.15) is 17.7 Å².